The lowest BCUT2D eigenvalue weighted by Gasteiger charge is -2.20. The van der Waals surface area contributed by atoms with Gasteiger partial charge in [-0.1, -0.05) is 0 Å². The summed E-state index contributed by atoms with van der Waals surface area (Å²) < 4.78 is 6.77. The SMILES string of the molecule is Cn1c(NC(=O)OC(C)(C)C)cc(=O)[nH]c1=S. The first-order valence-corrected chi connectivity index (χ1v) is 5.40. The number of hydrogen-bond acceptors (Lipinski definition) is 4. The summed E-state index contributed by atoms with van der Waals surface area (Å²) in [6.45, 7) is 5.26. The van der Waals surface area contributed by atoms with Gasteiger partial charge in [-0.2, -0.15) is 0 Å². The van der Waals surface area contributed by atoms with E-state index in [4.69, 9.17) is 17.0 Å². The van der Waals surface area contributed by atoms with Gasteiger partial charge in [-0.25, -0.2) is 4.79 Å². The van der Waals surface area contributed by atoms with E-state index in [-0.39, 0.29) is 16.1 Å². The van der Waals surface area contributed by atoms with Crippen molar-refractivity contribution in [3.8, 4) is 0 Å². The highest BCUT2D eigenvalue weighted by molar-refractivity contribution is 7.71. The van der Waals surface area contributed by atoms with Crippen LogP contribution in [0.3, 0.4) is 0 Å². The highest BCUT2D eigenvalue weighted by Crippen LogP contribution is 2.09. The molecule has 1 amide bonds. The summed E-state index contributed by atoms with van der Waals surface area (Å²) in [5.41, 5.74) is -0.972. The number of nitrogens with zero attached hydrogens (tertiary/aromatic N) is 1. The van der Waals surface area contributed by atoms with Crippen molar-refractivity contribution in [1.29, 1.82) is 0 Å². The highest BCUT2D eigenvalue weighted by atomic mass is 32.1. The van der Waals surface area contributed by atoms with Gasteiger partial charge in [0.1, 0.15) is 11.4 Å². The molecule has 94 valence electrons. The van der Waals surface area contributed by atoms with Crippen LogP contribution >= 0.6 is 12.2 Å². The number of carbonyl (C=O) groups excluding carboxylic acids is 1. The normalized spacial score (nSPS) is 11.1. The summed E-state index contributed by atoms with van der Waals surface area (Å²) in [4.78, 5) is 25.1. The van der Waals surface area contributed by atoms with Crippen molar-refractivity contribution in [1.82, 2.24) is 9.55 Å². The molecule has 0 saturated heterocycles. The van der Waals surface area contributed by atoms with Gasteiger partial charge in [0, 0.05) is 13.1 Å². The zero-order chi connectivity index (χ0) is 13.2. The Labute approximate surface area is 104 Å². The van der Waals surface area contributed by atoms with Crippen LogP contribution in [0.5, 0.6) is 0 Å². The number of H-pyrrole nitrogens is 1. The minimum absolute atomic E-state index is 0.226. The van der Waals surface area contributed by atoms with E-state index in [9.17, 15) is 9.59 Å². The molecule has 0 spiro atoms. The molecule has 1 rings (SSSR count). The van der Waals surface area contributed by atoms with E-state index in [1.54, 1.807) is 27.8 Å². The van der Waals surface area contributed by atoms with Crippen molar-refractivity contribution in [3.63, 3.8) is 0 Å². The van der Waals surface area contributed by atoms with Crippen LogP contribution in [0.4, 0.5) is 10.6 Å². The van der Waals surface area contributed by atoms with Crippen LogP contribution in [0.1, 0.15) is 20.8 Å². The molecule has 0 unspecified atom stereocenters. The van der Waals surface area contributed by atoms with Crippen molar-refractivity contribution in [2.45, 2.75) is 26.4 Å². The van der Waals surface area contributed by atoms with Crippen molar-refractivity contribution in [3.05, 3.63) is 21.2 Å². The summed E-state index contributed by atoms with van der Waals surface area (Å²) >= 11 is 4.91. The van der Waals surface area contributed by atoms with Crippen LogP contribution in [-0.4, -0.2) is 21.2 Å². The second-order valence-corrected chi connectivity index (χ2v) is 4.90. The van der Waals surface area contributed by atoms with E-state index in [0.717, 1.165) is 0 Å². The topological polar surface area (TPSA) is 76.1 Å². The van der Waals surface area contributed by atoms with E-state index in [1.807, 2.05) is 0 Å². The zero-order valence-corrected chi connectivity index (χ0v) is 11.0. The lowest BCUT2D eigenvalue weighted by atomic mass is 10.2. The molecule has 0 aliphatic carbocycles. The van der Waals surface area contributed by atoms with Gasteiger partial charge in [-0.15, -0.1) is 0 Å². The summed E-state index contributed by atoms with van der Waals surface area (Å²) in [6.07, 6.45) is -0.631. The molecule has 0 aliphatic rings. The molecule has 0 fully saturated rings. The fraction of sp³-hybridized carbons (Fsp3) is 0.500. The third-order valence-electron chi connectivity index (χ3n) is 1.79. The van der Waals surface area contributed by atoms with Gasteiger partial charge in [-0.05, 0) is 33.0 Å². The lowest BCUT2D eigenvalue weighted by molar-refractivity contribution is 0.0634. The third-order valence-corrected chi connectivity index (χ3v) is 2.17. The van der Waals surface area contributed by atoms with Crippen molar-refractivity contribution < 1.29 is 9.53 Å². The summed E-state index contributed by atoms with van der Waals surface area (Å²) in [6, 6.07) is 1.24. The molecule has 6 nitrogen and oxygen atoms in total. The van der Waals surface area contributed by atoms with Crippen LogP contribution in [0.15, 0.2) is 10.9 Å². The van der Waals surface area contributed by atoms with E-state index in [0.29, 0.717) is 0 Å². The van der Waals surface area contributed by atoms with Crippen molar-refractivity contribution in [2.75, 3.05) is 5.32 Å². The van der Waals surface area contributed by atoms with Gasteiger partial charge in [0.05, 0.1) is 0 Å². The highest BCUT2D eigenvalue weighted by Gasteiger charge is 2.16. The molecule has 0 atom stereocenters. The Morgan fingerprint density at radius 3 is 2.65 bits per heavy atom. The first-order valence-electron chi connectivity index (χ1n) is 4.99. The molecule has 0 bridgehead atoms. The molecule has 0 aromatic carbocycles. The molecular formula is C10H15N3O3S. The first kappa shape index (κ1) is 13.4. The van der Waals surface area contributed by atoms with Gasteiger partial charge in [0.2, 0.25) is 0 Å². The van der Waals surface area contributed by atoms with E-state index in [2.05, 4.69) is 10.3 Å². The Hall–Kier alpha value is -1.63. The molecule has 7 heteroatoms. The molecule has 0 radical (unpaired) electrons. The Morgan fingerprint density at radius 2 is 2.12 bits per heavy atom. The second kappa shape index (κ2) is 4.70. The van der Waals surface area contributed by atoms with Gasteiger partial charge < -0.3 is 9.30 Å². The smallest absolute Gasteiger partial charge is 0.413 e. The molecular weight excluding hydrogens is 242 g/mol. The van der Waals surface area contributed by atoms with Crippen molar-refractivity contribution in [2.24, 2.45) is 7.05 Å². The predicted molar refractivity (Wildman–Crippen MR) is 66.7 cm³/mol. The second-order valence-electron chi connectivity index (χ2n) is 4.51. The number of hydrogen-bond donors (Lipinski definition) is 2. The first-order chi connectivity index (χ1) is 7.69. The quantitative estimate of drug-likeness (QED) is 0.752. The lowest BCUT2D eigenvalue weighted by Crippen LogP contribution is -2.29. The van der Waals surface area contributed by atoms with Gasteiger partial charge >= 0.3 is 6.09 Å². The molecule has 17 heavy (non-hydrogen) atoms. The predicted octanol–water partition coefficient (Wildman–Crippen LogP) is 1.79. The van der Waals surface area contributed by atoms with Crippen LogP contribution < -0.4 is 10.9 Å². The standard InChI is InChI=1S/C10H15N3O3S/c1-10(2,3)16-9(15)11-6-5-7(14)12-8(17)13(6)4/h5H,1-4H3,(H,11,15)(H,12,14,17). The Kier molecular flexibility index (Phi) is 3.72. The maximum absolute atomic E-state index is 11.5. The Bertz CT molecular complexity index is 539. The molecule has 0 saturated carbocycles. The number of amides is 1. The average molecular weight is 257 g/mol. The minimum atomic E-state index is -0.631. The third kappa shape index (κ3) is 4.03. The van der Waals surface area contributed by atoms with Gasteiger partial charge in [-0.3, -0.25) is 15.1 Å². The fourth-order valence-electron chi connectivity index (χ4n) is 1.08. The summed E-state index contributed by atoms with van der Waals surface area (Å²) in [5.74, 6) is 0.285. The van der Waals surface area contributed by atoms with E-state index < -0.39 is 11.7 Å². The Morgan fingerprint density at radius 1 is 1.53 bits per heavy atom. The summed E-state index contributed by atoms with van der Waals surface area (Å²) in [5, 5.41) is 2.46. The molecule has 1 aromatic heterocycles. The molecule has 0 aliphatic heterocycles. The number of nitrogens with one attached hydrogen (secondary N) is 2. The van der Waals surface area contributed by atoms with Gasteiger partial charge in [0.15, 0.2) is 4.77 Å². The largest absolute Gasteiger partial charge is 0.444 e. The van der Waals surface area contributed by atoms with Crippen LogP contribution in [0.2, 0.25) is 0 Å². The maximum atomic E-state index is 11.5. The number of aromatic amines is 1. The van der Waals surface area contributed by atoms with Crippen LogP contribution in [-0.2, 0) is 11.8 Å². The van der Waals surface area contributed by atoms with Crippen LogP contribution in [0, 0.1) is 4.77 Å². The average Bonchev–Trinajstić information content (AvgIpc) is 2.10. The monoisotopic (exact) mass is 257 g/mol. The summed E-state index contributed by atoms with van der Waals surface area (Å²) in [7, 11) is 1.63. The zero-order valence-electron chi connectivity index (χ0n) is 10.2. The maximum Gasteiger partial charge on any atom is 0.413 e. The number of aromatic nitrogens is 2. The number of anilines is 1. The van der Waals surface area contributed by atoms with Crippen LogP contribution in [0.25, 0.3) is 0 Å². The van der Waals surface area contributed by atoms with E-state index in [1.165, 1.54) is 10.6 Å². The Balaban J connectivity index is 2.93. The molecule has 1 heterocycles. The number of ether oxygens (including phenoxy) is 1. The number of carbonyl (C=O) groups is 1. The molecule has 1 aromatic rings. The van der Waals surface area contributed by atoms with E-state index >= 15 is 0 Å². The van der Waals surface area contributed by atoms with Gasteiger partial charge in [0.25, 0.3) is 5.56 Å². The molecule has 2 N–H and O–H groups in total. The van der Waals surface area contributed by atoms with Crippen molar-refractivity contribution >= 4 is 24.1 Å². The number of rotatable bonds is 1. The minimum Gasteiger partial charge on any atom is -0.444 e. The fourth-order valence-corrected chi connectivity index (χ4v) is 1.28.